The molecule has 1 heterocycles. The van der Waals surface area contributed by atoms with Crippen molar-refractivity contribution >= 4 is 11.8 Å². The van der Waals surface area contributed by atoms with Crippen molar-refractivity contribution in [3.8, 4) is 0 Å². The Labute approximate surface area is 138 Å². The topological polar surface area (TPSA) is 75.2 Å². The molecule has 0 aliphatic heterocycles. The summed E-state index contributed by atoms with van der Waals surface area (Å²) in [5.74, 6) is 0.518. The largest absolute Gasteiger partial charge is 0.356 e. The lowest BCUT2D eigenvalue weighted by atomic mass is 10.2. The highest BCUT2D eigenvalue weighted by Crippen LogP contribution is 2.06. The molecule has 1 rings (SSSR count). The number of hydrogen-bond acceptors (Lipinski definition) is 4. The quantitative estimate of drug-likeness (QED) is 0.795. The van der Waals surface area contributed by atoms with Crippen LogP contribution < -0.4 is 5.32 Å². The van der Waals surface area contributed by atoms with Gasteiger partial charge in [0.25, 0.3) is 5.91 Å². The molecule has 0 atom stereocenters. The van der Waals surface area contributed by atoms with Crippen molar-refractivity contribution in [3.63, 3.8) is 0 Å². The first-order valence-electron chi connectivity index (χ1n) is 8.14. The van der Waals surface area contributed by atoms with Crippen molar-refractivity contribution in [3.05, 3.63) is 23.8 Å². The summed E-state index contributed by atoms with van der Waals surface area (Å²) >= 11 is 0. The van der Waals surface area contributed by atoms with Crippen LogP contribution in [0.15, 0.2) is 12.4 Å². The second-order valence-corrected chi connectivity index (χ2v) is 6.64. The van der Waals surface area contributed by atoms with Gasteiger partial charge in [0.1, 0.15) is 5.69 Å². The summed E-state index contributed by atoms with van der Waals surface area (Å²) in [6, 6.07) is 0. The smallest absolute Gasteiger partial charge is 0.274 e. The molecule has 0 aliphatic rings. The number of rotatable bonds is 8. The number of nitrogens with one attached hydrogen (secondary N) is 1. The number of carbonyl (C=O) groups excluding carboxylic acids is 2. The molecule has 2 amide bonds. The third-order valence-electron chi connectivity index (χ3n) is 3.19. The molecular weight excluding hydrogens is 292 g/mol. The number of carbonyl (C=O) groups is 2. The maximum absolute atomic E-state index is 12.6. The van der Waals surface area contributed by atoms with Gasteiger partial charge in [0.05, 0.1) is 11.9 Å². The lowest BCUT2D eigenvalue weighted by Crippen LogP contribution is -2.38. The van der Waals surface area contributed by atoms with Gasteiger partial charge in [-0.05, 0) is 18.8 Å². The zero-order valence-electron chi connectivity index (χ0n) is 14.8. The van der Waals surface area contributed by atoms with E-state index in [-0.39, 0.29) is 11.8 Å². The average molecular weight is 320 g/mol. The van der Waals surface area contributed by atoms with E-state index >= 15 is 0 Å². The van der Waals surface area contributed by atoms with Crippen LogP contribution in [0.2, 0.25) is 0 Å². The first-order valence-corrected chi connectivity index (χ1v) is 8.14. The summed E-state index contributed by atoms with van der Waals surface area (Å²) in [6.45, 7) is 11.6. The number of aryl methyl sites for hydroxylation is 1. The number of amides is 2. The predicted octanol–water partition coefficient (Wildman–Crippen LogP) is 2.05. The van der Waals surface area contributed by atoms with Crippen LogP contribution in [0.1, 0.15) is 50.3 Å². The van der Waals surface area contributed by atoms with Gasteiger partial charge in [-0.25, -0.2) is 4.98 Å². The lowest BCUT2D eigenvalue weighted by molar-refractivity contribution is -0.121. The SMILES string of the molecule is Cc1cnc(C(=O)N(CCC(=O)NCC(C)C)CC(C)C)cn1. The molecule has 0 aliphatic carbocycles. The van der Waals surface area contributed by atoms with Crippen molar-refractivity contribution in [1.82, 2.24) is 20.2 Å². The van der Waals surface area contributed by atoms with Crippen molar-refractivity contribution in [2.75, 3.05) is 19.6 Å². The molecule has 0 saturated carbocycles. The maximum Gasteiger partial charge on any atom is 0.274 e. The zero-order chi connectivity index (χ0) is 17.4. The molecule has 0 radical (unpaired) electrons. The fraction of sp³-hybridized carbons (Fsp3) is 0.647. The van der Waals surface area contributed by atoms with Crippen molar-refractivity contribution in [2.45, 2.75) is 41.0 Å². The van der Waals surface area contributed by atoms with E-state index in [4.69, 9.17) is 0 Å². The van der Waals surface area contributed by atoms with E-state index in [1.165, 1.54) is 6.20 Å². The van der Waals surface area contributed by atoms with Gasteiger partial charge in [-0.1, -0.05) is 27.7 Å². The molecule has 0 fully saturated rings. The molecule has 0 bridgehead atoms. The van der Waals surface area contributed by atoms with Crippen molar-refractivity contribution in [2.24, 2.45) is 11.8 Å². The minimum absolute atomic E-state index is 0.0322. The summed E-state index contributed by atoms with van der Waals surface area (Å²) in [4.78, 5) is 34.4. The molecule has 6 nitrogen and oxygen atoms in total. The summed E-state index contributed by atoms with van der Waals surface area (Å²) in [7, 11) is 0. The van der Waals surface area contributed by atoms with E-state index in [0.29, 0.717) is 43.6 Å². The van der Waals surface area contributed by atoms with Crippen molar-refractivity contribution < 1.29 is 9.59 Å². The summed E-state index contributed by atoms with van der Waals surface area (Å²) in [5, 5.41) is 2.87. The molecular formula is C17H28N4O2. The van der Waals surface area contributed by atoms with Crippen LogP contribution in [0.25, 0.3) is 0 Å². The van der Waals surface area contributed by atoms with Gasteiger partial charge >= 0.3 is 0 Å². The minimum atomic E-state index is -0.178. The number of nitrogens with zero attached hydrogens (tertiary/aromatic N) is 3. The number of hydrogen-bond donors (Lipinski definition) is 1. The molecule has 1 aromatic rings. The molecule has 128 valence electrons. The third-order valence-corrected chi connectivity index (χ3v) is 3.19. The highest BCUT2D eigenvalue weighted by Gasteiger charge is 2.19. The predicted molar refractivity (Wildman–Crippen MR) is 90.0 cm³/mol. The van der Waals surface area contributed by atoms with E-state index in [1.54, 1.807) is 11.1 Å². The average Bonchev–Trinajstić information content (AvgIpc) is 2.49. The molecule has 23 heavy (non-hydrogen) atoms. The highest BCUT2D eigenvalue weighted by atomic mass is 16.2. The third kappa shape index (κ3) is 7.21. The Bertz CT molecular complexity index is 512. The Morgan fingerprint density at radius 1 is 1.13 bits per heavy atom. The van der Waals surface area contributed by atoms with Gasteiger partial charge in [0.2, 0.25) is 5.91 Å². The second-order valence-electron chi connectivity index (χ2n) is 6.64. The van der Waals surface area contributed by atoms with E-state index in [1.807, 2.05) is 34.6 Å². The lowest BCUT2D eigenvalue weighted by Gasteiger charge is -2.24. The molecule has 0 saturated heterocycles. The maximum atomic E-state index is 12.6. The minimum Gasteiger partial charge on any atom is -0.356 e. The van der Waals surface area contributed by atoms with Gasteiger partial charge in [-0.2, -0.15) is 0 Å². The summed E-state index contributed by atoms with van der Waals surface area (Å²) in [5.41, 5.74) is 1.09. The van der Waals surface area contributed by atoms with Gasteiger partial charge in [-0.15, -0.1) is 0 Å². The van der Waals surface area contributed by atoms with E-state index in [0.717, 1.165) is 5.69 Å². The molecule has 1 aromatic heterocycles. The Hall–Kier alpha value is -1.98. The Morgan fingerprint density at radius 3 is 2.35 bits per heavy atom. The van der Waals surface area contributed by atoms with Crippen LogP contribution in [0.3, 0.4) is 0 Å². The molecule has 0 aromatic carbocycles. The Morgan fingerprint density at radius 2 is 1.83 bits per heavy atom. The molecule has 1 N–H and O–H groups in total. The van der Waals surface area contributed by atoms with Crippen LogP contribution in [0.4, 0.5) is 0 Å². The standard InChI is InChI=1S/C17H28N4O2/c1-12(2)8-20-16(22)6-7-21(11-13(3)4)17(23)15-10-18-14(5)9-19-15/h9-10,12-13H,6-8,11H2,1-5H3,(H,20,22). The van der Waals surface area contributed by atoms with Gasteiger partial charge < -0.3 is 10.2 Å². The monoisotopic (exact) mass is 320 g/mol. The highest BCUT2D eigenvalue weighted by molar-refractivity contribution is 5.92. The Kier molecular flexibility index (Phi) is 7.65. The summed E-state index contributed by atoms with van der Waals surface area (Å²) < 4.78 is 0. The van der Waals surface area contributed by atoms with E-state index in [9.17, 15) is 9.59 Å². The van der Waals surface area contributed by atoms with Crippen molar-refractivity contribution in [1.29, 1.82) is 0 Å². The van der Waals surface area contributed by atoms with Gasteiger partial charge in [-0.3, -0.25) is 14.6 Å². The summed E-state index contributed by atoms with van der Waals surface area (Å²) in [6.07, 6.45) is 3.37. The second kappa shape index (κ2) is 9.22. The van der Waals surface area contributed by atoms with E-state index < -0.39 is 0 Å². The first-order chi connectivity index (χ1) is 10.8. The van der Waals surface area contributed by atoms with Crippen LogP contribution in [-0.4, -0.2) is 46.3 Å². The van der Waals surface area contributed by atoms with Crippen LogP contribution in [0.5, 0.6) is 0 Å². The molecule has 0 unspecified atom stereocenters. The van der Waals surface area contributed by atoms with Crippen LogP contribution in [-0.2, 0) is 4.79 Å². The van der Waals surface area contributed by atoms with Gasteiger partial charge in [0, 0.05) is 32.3 Å². The van der Waals surface area contributed by atoms with Gasteiger partial charge in [0.15, 0.2) is 0 Å². The molecule has 6 heteroatoms. The zero-order valence-corrected chi connectivity index (χ0v) is 14.8. The van der Waals surface area contributed by atoms with E-state index in [2.05, 4.69) is 15.3 Å². The molecule has 0 spiro atoms. The number of aromatic nitrogens is 2. The van der Waals surface area contributed by atoms with Crippen LogP contribution in [0, 0.1) is 18.8 Å². The first kappa shape index (κ1) is 19.1. The van der Waals surface area contributed by atoms with Crippen LogP contribution >= 0.6 is 0 Å². The Balaban J connectivity index is 2.66. The fourth-order valence-corrected chi connectivity index (χ4v) is 2.02. The fourth-order valence-electron chi connectivity index (χ4n) is 2.02. The normalized spacial score (nSPS) is 10.9.